The molecule has 0 unspecified atom stereocenters. The predicted octanol–water partition coefficient (Wildman–Crippen LogP) is 15.5. The van der Waals surface area contributed by atoms with Crippen molar-refractivity contribution in [1.82, 2.24) is 0 Å². The molecule has 2 heterocycles. The first-order valence-electron chi connectivity index (χ1n) is 20.4. The van der Waals surface area contributed by atoms with Gasteiger partial charge in [0.05, 0.1) is 5.41 Å². The zero-order chi connectivity index (χ0) is 38.4. The van der Waals surface area contributed by atoms with Crippen molar-refractivity contribution in [2.24, 2.45) is 0 Å². The number of hydrogen-bond acceptors (Lipinski definition) is 2. The molecule has 2 aliphatic rings. The number of para-hydroxylation sites is 1. The van der Waals surface area contributed by atoms with Gasteiger partial charge in [0.25, 0.3) is 0 Å². The van der Waals surface area contributed by atoms with Crippen molar-refractivity contribution in [3.8, 4) is 44.5 Å². The van der Waals surface area contributed by atoms with Crippen LogP contribution in [0.3, 0.4) is 0 Å². The van der Waals surface area contributed by atoms with Gasteiger partial charge in [0.1, 0.15) is 22.3 Å². The van der Waals surface area contributed by atoms with Gasteiger partial charge < -0.3 is 8.83 Å². The van der Waals surface area contributed by atoms with Crippen molar-refractivity contribution < 1.29 is 8.83 Å². The van der Waals surface area contributed by atoms with E-state index in [0.29, 0.717) is 0 Å². The molecule has 1 spiro atoms. The highest BCUT2D eigenvalue weighted by atomic mass is 16.3. The summed E-state index contributed by atoms with van der Waals surface area (Å²) in [6, 6.07) is 71.5. The quantitative estimate of drug-likeness (QED) is 0.176. The van der Waals surface area contributed by atoms with Crippen molar-refractivity contribution in [3.05, 3.63) is 216 Å². The molecular formula is C57H32O2. The Balaban J connectivity index is 1.13. The lowest BCUT2D eigenvalue weighted by Crippen LogP contribution is -2.26. The van der Waals surface area contributed by atoms with Gasteiger partial charge in [0.2, 0.25) is 0 Å². The fraction of sp³-hybridized carbons (Fsp3) is 0.0175. The van der Waals surface area contributed by atoms with E-state index in [1.165, 1.54) is 82.9 Å². The summed E-state index contributed by atoms with van der Waals surface area (Å²) in [5.41, 5.74) is 18.4. The summed E-state index contributed by atoms with van der Waals surface area (Å²) in [7, 11) is 0. The van der Waals surface area contributed by atoms with E-state index in [0.717, 1.165) is 49.3 Å². The zero-order valence-corrected chi connectivity index (χ0v) is 31.8. The highest BCUT2D eigenvalue weighted by molar-refractivity contribution is 6.20. The van der Waals surface area contributed by atoms with Crippen LogP contribution in [0.1, 0.15) is 22.3 Å². The Labute approximate surface area is 339 Å². The first-order chi connectivity index (χ1) is 29.3. The van der Waals surface area contributed by atoms with Crippen molar-refractivity contribution >= 4 is 65.4 Å². The van der Waals surface area contributed by atoms with Crippen LogP contribution in [0.5, 0.6) is 0 Å². The van der Waals surface area contributed by atoms with E-state index in [4.69, 9.17) is 8.83 Å². The van der Waals surface area contributed by atoms with Gasteiger partial charge >= 0.3 is 0 Å². The summed E-state index contributed by atoms with van der Waals surface area (Å²) >= 11 is 0. The Morgan fingerprint density at radius 2 is 0.915 bits per heavy atom. The third-order valence-corrected chi connectivity index (χ3v) is 13.5. The van der Waals surface area contributed by atoms with Crippen molar-refractivity contribution in [3.63, 3.8) is 0 Å². The second-order valence-electron chi connectivity index (χ2n) is 16.3. The van der Waals surface area contributed by atoms with Gasteiger partial charge in [-0.25, -0.2) is 0 Å². The molecule has 0 fully saturated rings. The summed E-state index contributed by atoms with van der Waals surface area (Å²) in [6.07, 6.45) is 0. The predicted molar refractivity (Wildman–Crippen MR) is 243 cm³/mol. The van der Waals surface area contributed by atoms with Gasteiger partial charge in [-0.15, -0.1) is 0 Å². The molecule has 12 aromatic rings. The van der Waals surface area contributed by atoms with Crippen molar-refractivity contribution in [1.29, 1.82) is 0 Å². The molecule has 59 heavy (non-hydrogen) atoms. The van der Waals surface area contributed by atoms with Gasteiger partial charge in [-0.2, -0.15) is 0 Å². The van der Waals surface area contributed by atoms with Crippen LogP contribution in [0.15, 0.2) is 203 Å². The molecule has 0 aliphatic heterocycles. The number of furan rings is 2. The van der Waals surface area contributed by atoms with Gasteiger partial charge in [0, 0.05) is 26.9 Å². The summed E-state index contributed by atoms with van der Waals surface area (Å²) < 4.78 is 13.0. The fourth-order valence-corrected chi connectivity index (χ4v) is 11.1. The molecule has 272 valence electrons. The summed E-state index contributed by atoms with van der Waals surface area (Å²) in [6.45, 7) is 0. The Bertz CT molecular complexity index is 3750. The maximum atomic E-state index is 6.70. The SMILES string of the molecule is c1ccc2c(c1)-c1ccccc1C21c2ccccc2-c2c(-c3ccc4oc5ccccc5c4c3)cc3ccc(-c4cccc5oc6c7ccccc7ccc6c45)cc3c21. The Morgan fingerprint density at radius 3 is 1.75 bits per heavy atom. The third-order valence-electron chi connectivity index (χ3n) is 13.5. The van der Waals surface area contributed by atoms with Crippen LogP contribution in [0.2, 0.25) is 0 Å². The highest BCUT2D eigenvalue weighted by Gasteiger charge is 2.53. The number of rotatable bonds is 2. The number of benzene rings is 10. The molecule has 2 heteroatoms. The minimum atomic E-state index is -0.522. The second-order valence-corrected chi connectivity index (χ2v) is 16.3. The molecule has 0 atom stereocenters. The molecule has 10 aromatic carbocycles. The van der Waals surface area contributed by atoms with E-state index in [1.54, 1.807) is 0 Å². The molecule has 0 saturated heterocycles. The zero-order valence-electron chi connectivity index (χ0n) is 31.8. The second kappa shape index (κ2) is 11.2. The van der Waals surface area contributed by atoms with Crippen LogP contribution < -0.4 is 0 Å². The van der Waals surface area contributed by atoms with E-state index in [1.807, 2.05) is 6.07 Å². The largest absolute Gasteiger partial charge is 0.456 e. The molecule has 0 bridgehead atoms. The summed E-state index contributed by atoms with van der Waals surface area (Å²) in [5, 5.41) is 9.34. The maximum absolute atomic E-state index is 6.70. The van der Waals surface area contributed by atoms with Crippen LogP contribution in [0.25, 0.3) is 110 Å². The molecule has 2 nitrogen and oxygen atoms in total. The lowest BCUT2D eigenvalue weighted by atomic mass is 9.69. The van der Waals surface area contributed by atoms with E-state index in [-0.39, 0.29) is 0 Å². The van der Waals surface area contributed by atoms with E-state index in [2.05, 4.69) is 188 Å². The monoisotopic (exact) mass is 748 g/mol. The molecule has 0 radical (unpaired) electrons. The lowest BCUT2D eigenvalue weighted by molar-refractivity contribution is 0.669. The molecule has 0 N–H and O–H groups in total. The van der Waals surface area contributed by atoms with Gasteiger partial charge in [-0.1, -0.05) is 152 Å². The average Bonchev–Trinajstić information content (AvgIpc) is 4.04. The maximum Gasteiger partial charge on any atom is 0.143 e. The number of fused-ring (bicyclic) bond motifs is 20. The fourth-order valence-electron chi connectivity index (χ4n) is 11.1. The number of hydrogen-bond donors (Lipinski definition) is 0. The van der Waals surface area contributed by atoms with Crippen LogP contribution in [-0.4, -0.2) is 0 Å². The average molecular weight is 749 g/mol. The lowest BCUT2D eigenvalue weighted by Gasteiger charge is -2.32. The molecule has 2 aliphatic carbocycles. The Morgan fingerprint density at radius 1 is 0.322 bits per heavy atom. The van der Waals surface area contributed by atoms with Crippen molar-refractivity contribution in [2.75, 3.05) is 0 Å². The first kappa shape index (κ1) is 31.4. The minimum Gasteiger partial charge on any atom is -0.456 e. The third kappa shape index (κ3) is 3.96. The van der Waals surface area contributed by atoms with E-state index in [9.17, 15) is 0 Å². The molecular weight excluding hydrogens is 717 g/mol. The summed E-state index contributed by atoms with van der Waals surface area (Å²) in [5.74, 6) is 0. The summed E-state index contributed by atoms with van der Waals surface area (Å²) in [4.78, 5) is 0. The van der Waals surface area contributed by atoms with Crippen LogP contribution >= 0.6 is 0 Å². The Kier molecular flexibility index (Phi) is 5.99. The molecule has 2 aromatic heterocycles. The Hall–Kier alpha value is -7.68. The van der Waals surface area contributed by atoms with Crippen LogP contribution in [0, 0.1) is 0 Å². The van der Waals surface area contributed by atoms with Crippen LogP contribution in [0.4, 0.5) is 0 Å². The van der Waals surface area contributed by atoms with Gasteiger partial charge in [-0.3, -0.25) is 0 Å². The smallest absolute Gasteiger partial charge is 0.143 e. The molecule has 0 amide bonds. The normalized spacial score (nSPS) is 13.6. The van der Waals surface area contributed by atoms with Crippen molar-refractivity contribution in [2.45, 2.75) is 5.41 Å². The highest BCUT2D eigenvalue weighted by Crippen LogP contribution is 2.65. The van der Waals surface area contributed by atoms with E-state index >= 15 is 0 Å². The molecule has 0 saturated carbocycles. The molecule has 14 rings (SSSR count). The van der Waals surface area contributed by atoms with Crippen LogP contribution in [-0.2, 0) is 5.41 Å². The van der Waals surface area contributed by atoms with E-state index < -0.39 is 5.41 Å². The minimum absolute atomic E-state index is 0.522. The van der Waals surface area contributed by atoms with Gasteiger partial charge in [-0.05, 0) is 125 Å². The first-order valence-corrected chi connectivity index (χ1v) is 20.4. The standard InChI is InChI=1S/C57H32O2/c1-2-13-38-33(12-1)26-28-43-53-37(18-11-23-52(53)59-56(38)43)34-24-25-36-30-44(35-27-29-51-46(32-35)41-16-6-10-22-50(41)58-51)54-42-17-5-9-21-49(42)57(55(54)45(36)31-34)47-19-7-3-14-39(47)40-15-4-8-20-48(40)57/h1-32H. The van der Waals surface area contributed by atoms with Gasteiger partial charge in [0.15, 0.2) is 0 Å². The topological polar surface area (TPSA) is 26.3 Å².